The lowest BCUT2D eigenvalue weighted by Crippen LogP contribution is -2.08. The van der Waals surface area contributed by atoms with Crippen molar-refractivity contribution in [3.8, 4) is 5.75 Å². The molecule has 0 N–H and O–H groups in total. The van der Waals surface area contributed by atoms with Crippen LogP contribution in [0.3, 0.4) is 0 Å². The van der Waals surface area contributed by atoms with Crippen molar-refractivity contribution >= 4 is 11.7 Å². The lowest BCUT2D eigenvalue weighted by Gasteiger charge is -2.12. The van der Waals surface area contributed by atoms with E-state index < -0.39 is 17.0 Å². The number of ether oxygens (including phenoxy) is 2. The molecule has 3 aromatic rings. The molecule has 28 heavy (non-hydrogen) atoms. The van der Waals surface area contributed by atoms with Gasteiger partial charge in [0.15, 0.2) is 0 Å². The number of furan rings is 1. The molecule has 1 aromatic heterocycles. The van der Waals surface area contributed by atoms with E-state index in [0.29, 0.717) is 17.1 Å². The molecule has 1 unspecified atom stereocenters. The molecule has 0 bridgehead atoms. The topological polar surface area (TPSA) is 91.8 Å². The number of non-ortho nitro benzene ring substituents is 1. The van der Waals surface area contributed by atoms with Gasteiger partial charge in [0.2, 0.25) is 5.76 Å². The van der Waals surface area contributed by atoms with Gasteiger partial charge in [-0.1, -0.05) is 12.1 Å². The Morgan fingerprint density at radius 3 is 2.64 bits per heavy atom. The average molecular weight is 385 g/mol. The molecule has 0 spiro atoms. The maximum atomic E-state index is 12.9. The van der Waals surface area contributed by atoms with Gasteiger partial charge in [0, 0.05) is 12.1 Å². The molecule has 0 aliphatic rings. The summed E-state index contributed by atoms with van der Waals surface area (Å²) in [6, 6.07) is 14.4. The van der Waals surface area contributed by atoms with Crippen molar-refractivity contribution in [2.24, 2.45) is 0 Å². The molecule has 0 fully saturated rings. The van der Waals surface area contributed by atoms with Crippen molar-refractivity contribution in [3.05, 3.63) is 93.7 Å². The Morgan fingerprint density at radius 1 is 1.18 bits per heavy atom. The van der Waals surface area contributed by atoms with E-state index in [0.717, 1.165) is 0 Å². The Morgan fingerprint density at radius 2 is 1.93 bits per heavy atom. The van der Waals surface area contributed by atoms with Gasteiger partial charge in [-0.25, -0.2) is 9.18 Å². The van der Waals surface area contributed by atoms with E-state index >= 15 is 0 Å². The number of hydrogen-bond donors (Lipinski definition) is 0. The maximum Gasteiger partial charge on any atom is 0.374 e. The largest absolute Gasteiger partial charge is 0.486 e. The van der Waals surface area contributed by atoms with Crippen LogP contribution < -0.4 is 4.74 Å². The number of nitrogens with zero attached hydrogens (tertiary/aromatic N) is 1. The fourth-order valence-corrected chi connectivity index (χ4v) is 2.43. The van der Waals surface area contributed by atoms with Crippen LogP contribution in [0.2, 0.25) is 0 Å². The van der Waals surface area contributed by atoms with Crippen LogP contribution in [-0.4, -0.2) is 10.9 Å². The summed E-state index contributed by atoms with van der Waals surface area (Å²) in [6.45, 7) is 1.66. The smallest absolute Gasteiger partial charge is 0.374 e. The first kappa shape index (κ1) is 19.1. The minimum absolute atomic E-state index is 0.0185. The molecular weight excluding hydrogens is 369 g/mol. The molecule has 0 aliphatic carbocycles. The Bertz CT molecular complexity index is 982. The van der Waals surface area contributed by atoms with Gasteiger partial charge in [-0.15, -0.1) is 0 Å². The molecule has 8 heteroatoms. The maximum absolute atomic E-state index is 12.9. The highest BCUT2D eigenvalue weighted by Gasteiger charge is 2.19. The number of carbonyl (C=O) groups is 1. The molecular formula is C20H16FNO6. The van der Waals surface area contributed by atoms with E-state index in [1.807, 2.05) is 0 Å². The second-order valence-corrected chi connectivity index (χ2v) is 5.91. The summed E-state index contributed by atoms with van der Waals surface area (Å²) in [7, 11) is 0. The number of nitro groups is 1. The molecule has 2 aromatic carbocycles. The zero-order chi connectivity index (χ0) is 20.1. The van der Waals surface area contributed by atoms with Crippen LogP contribution in [0.1, 0.15) is 34.9 Å². The van der Waals surface area contributed by atoms with Crippen LogP contribution in [0, 0.1) is 15.9 Å². The Balaban J connectivity index is 1.59. The number of carbonyl (C=O) groups excluding carboxylic acids is 1. The van der Waals surface area contributed by atoms with Crippen molar-refractivity contribution < 1.29 is 28.0 Å². The quantitative estimate of drug-likeness (QED) is 0.329. The number of halogens is 1. The third kappa shape index (κ3) is 4.73. The summed E-state index contributed by atoms with van der Waals surface area (Å²) in [5.74, 6) is -0.240. The zero-order valence-electron chi connectivity index (χ0n) is 14.8. The molecule has 3 rings (SSSR count). The van der Waals surface area contributed by atoms with Crippen molar-refractivity contribution in [2.75, 3.05) is 0 Å². The van der Waals surface area contributed by atoms with Gasteiger partial charge in [-0.05, 0) is 48.9 Å². The van der Waals surface area contributed by atoms with Crippen molar-refractivity contribution in [2.45, 2.75) is 19.6 Å². The highest BCUT2D eigenvalue weighted by Crippen LogP contribution is 2.23. The van der Waals surface area contributed by atoms with Crippen molar-refractivity contribution in [1.82, 2.24) is 0 Å². The van der Waals surface area contributed by atoms with E-state index in [9.17, 15) is 19.3 Å². The van der Waals surface area contributed by atoms with E-state index in [1.54, 1.807) is 19.1 Å². The average Bonchev–Trinajstić information content (AvgIpc) is 3.17. The molecule has 7 nitrogen and oxygen atoms in total. The second kappa shape index (κ2) is 8.34. The van der Waals surface area contributed by atoms with E-state index in [4.69, 9.17) is 13.9 Å². The normalized spacial score (nSPS) is 11.6. The number of rotatable bonds is 7. The van der Waals surface area contributed by atoms with Gasteiger partial charge in [0.1, 0.15) is 30.0 Å². The molecule has 1 atom stereocenters. The minimum Gasteiger partial charge on any atom is -0.486 e. The Kier molecular flexibility index (Phi) is 5.69. The molecule has 0 radical (unpaired) electrons. The van der Waals surface area contributed by atoms with Gasteiger partial charge in [0.25, 0.3) is 5.69 Å². The summed E-state index contributed by atoms with van der Waals surface area (Å²) >= 11 is 0. The number of esters is 1. The summed E-state index contributed by atoms with van der Waals surface area (Å²) in [6.07, 6.45) is -0.698. The first-order valence-corrected chi connectivity index (χ1v) is 8.35. The standard InChI is InChI=1S/C20H16FNO6/c1-13(14-3-2-4-16(11-14)22(24)25)27-20(23)19-10-9-18(28-19)12-26-17-7-5-15(21)6-8-17/h2-11,13H,12H2,1H3. The number of hydrogen-bond acceptors (Lipinski definition) is 6. The molecule has 1 heterocycles. The number of benzene rings is 2. The summed E-state index contributed by atoms with van der Waals surface area (Å²) in [4.78, 5) is 22.6. The third-order valence-electron chi connectivity index (χ3n) is 3.89. The van der Waals surface area contributed by atoms with Gasteiger partial charge >= 0.3 is 5.97 Å². The van der Waals surface area contributed by atoms with Crippen LogP contribution >= 0.6 is 0 Å². The highest BCUT2D eigenvalue weighted by atomic mass is 19.1. The fourth-order valence-electron chi connectivity index (χ4n) is 2.43. The van der Waals surface area contributed by atoms with E-state index in [2.05, 4.69) is 0 Å². The summed E-state index contributed by atoms with van der Waals surface area (Å²) < 4.78 is 29.0. The fraction of sp³-hybridized carbons (Fsp3) is 0.150. The highest BCUT2D eigenvalue weighted by molar-refractivity contribution is 5.86. The van der Waals surface area contributed by atoms with E-state index in [-0.39, 0.29) is 23.9 Å². The predicted octanol–water partition coefficient (Wildman–Crippen LogP) is 4.82. The zero-order valence-corrected chi connectivity index (χ0v) is 14.8. The van der Waals surface area contributed by atoms with Crippen LogP contribution in [0.4, 0.5) is 10.1 Å². The first-order chi connectivity index (χ1) is 13.4. The van der Waals surface area contributed by atoms with E-state index in [1.165, 1.54) is 48.5 Å². The lowest BCUT2D eigenvalue weighted by atomic mass is 10.1. The van der Waals surface area contributed by atoms with Crippen LogP contribution in [0.25, 0.3) is 0 Å². The number of nitro benzene ring substituents is 1. The SMILES string of the molecule is CC(OC(=O)c1ccc(COc2ccc(F)cc2)o1)c1cccc([N+](=O)[O-])c1. The lowest BCUT2D eigenvalue weighted by molar-refractivity contribution is -0.385. The van der Waals surface area contributed by atoms with Gasteiger partial charge in [0.05, 0.1) is 4.92 Å². The molecule has 0 saturated carbocycles. The van der Waals surface area contributed by atoms with Crippen molar-refractivity contribution in [1.29, 1.82) is 0 Å². The molecule has 0 saturated heterocycles. The van der Waals surface area contributed by atoms with Gasteiger partial charge < -0.3 is 13.9 Å². The third-order valence-corrected chi connectivity index (χ3v) is 3.89. The van der Waals surface area contributed by atoms with Gasteiger partial charge in [-0.2, -0.15) is 0 Å². The van der Waals surface area contributed by atoms with Crippen LogP contribution in [0.15, 0.2) is 65.1 Å². The predicted molar refractivity (Wildman–Crippen MR) is 96.4 cm³/mol. The van der Waals surface area contributed by atoms with Crippen LogP contribution in [-0.2, 0) is 11.3 Å². The molecule has 0 aliphatic heterocycles. The second-order valence-electron chi connectivity index (χ2n) is 5.91. The minimum atomic E-state index is -0.702. The van der Waals surface area contributed by atoms with Crippen LogP contribution in [0.5, 0.6) is 5.75 Å². The first-order valence-electron chi connectivity index (χ1n) is 8.35. The Hall–Kier alpha value is -3.68. The Labute approximate surface area is 159 Å². The summed E-state index contributed by atoms with van der Waals surface area (Å²) in [5.41, 5.74) is 0.410. The molecule has 0 amide bonds. The monoisotopic (exact) mass is 385 g/mol. The summed E-state index contributed by atoms with van der Waals surface area (Å²) in [5, 5.41) is 10.9. The van der Waals surface area contributed by atoms with Crippen molar-refractivity contribution in [3.63, 3.8) is 0 Å². The molecule has 144 valence electrons. The van der Waals surface area contributed by atoms with Gasteiger partial charge in [-0.3, -0.25) is 10.1 Å².